The summed E-state index contributed by atoms with van der Waals surface area (Å²) in [4.78, 5) is 22.7. The molecule has 1 aliphatic heterocycles. The van der Waals surface area contributed by atoms with Gasteiger partial charge in [0.25, 0.3) is 0 Å². The van der Waals surface area contributed by atoms with E-state index in [1.165, 1.54) is 4.90 Å². The van der Waals surface area contributed by atoms with Crippen LogP contribution in [0.2, 0.25) is 0 Å². The summed E-state index contributed by atoms with van der Waals surface area (Å²) in [7, 11) is 1.59. The summed E-state index contributed by atoms with van der Waals surface area (Å²) >= 11 is 0. The Morgan fingerprint density at radius 2 is 2.30 bits per heavy atom. The van der Waals surface area contributed by atoms with Crippen LogP contribution in [0.15, 0.2) is 12.3 Å². The van der Waals surface area contributed by atoms with Gasteiger partial charge in [0.05, 0.1) is 0 Å². The number of imide groups is 1. The average Bonchev–Trinajstić information content (AvgIpc) is 1.96. The van der Waals surface area contributed by atoms with E-state index in [0.29, 0.717) is 0 Å². The van der Waals surface area contributed by atoms with Gasteiger partial charge in [-0.05, 0) is 0 Å². The maximum atomic E-state index is 10.8. The van der Waals surface area contributed by atoms with E-state index in [4.69, 9.17) is 0 Å². The molecule has 1 rings (SSSR count). The van der Waals surface area contributed by atoms with Crippen LogP contribution in [-0.4, -0.2) is 23.9 Å². The maximum absolute atomic E-state index is 10.8. The van der Waals surface area contributed by atoms with Crippen molar-refractivity contribution >= 4 is 11.9 Å². The predicted octanol–water partition coefficient (Wildman–Crippen LogP) is 0.0718. The molecule has 0 aromatic rings. The molecule has 1 aliphatic rings. The first-order valence-corrected chi connectivity index (χ1v) is 2.93. The Labute approximate surface area is 58.5 Å². The first-order valence-electron chi connectivity index (χ1n) is 2.93. The molecule has 4 heteroatoms. The predicted molar refractivity (Wildman–Crippen MR) is 35.1 cm³/mol. The number of carbonyl (C=O) groups is 2. The molecule has 0 aliphatic carbocycles. The van der Waals surface area contributed by atoms with Crippen LogP contribution in [0.3, 0.4) is 0 Å². The quantitative estimate of drug-likeness (QED) is 0.517. The van der Waals surface area contributed by atoms with E-state index < -0.39 is 0 Å². The molecule has 0 fully saturated rings. The molecule has 1 N–H and O–H groups in total. The number of hydrogen-bond acceptors (Lipinski definition) is 2. The minimum atomic E-state index is -0.376. The minimum absolute atomic E-state index is 0.259. The van der Waals surface area contributed by atoms with Gasteiger partial charge in [-0.3, -0.25) is 10.1 Å². The summed E-state index contributed by atoms with van der Waals surface area (Å²) in [5.74, 6) is -0.259. The van der Waals surface area contributed by atoms with E-state index in [1.807, 2.05) is 0 Å². The molecule has 4 nitrogen and oxygen atoms in total. The highest BCUT2D eigenvalue weighted by Gasteiger charge is 2.11. The number of rotatable bonds is 0. The highest BCUT2D eigenvalue weighted by molar-refractivity contribution is 5.96. The number of urea groups is 1. The van der Waals surface area contributed by atoms with Crippen molar-refractivity contribution in [2.24, 2.45) is 0 Å². The lowest BCUT2D eigenvalue weighted by molar-refractivity contribution is -0.119. The highest BCUT2D eigenvalue weighted by Crippen LogP contribution is 1.94. The van der Waals surface area contributed by atoms with Gasteiger partial charge < -0.3 is 4.90 Å². The molecule has 0 atom stereocenters. The van der Waals surface area contributed by atoms with Gasteiger partial charge in [0, 0.05) is 19.7 Å². The number of hydrogen-bond donors (Lipinski definition) is 1. The minimum Gasteiger partial charge on any atom is -0.304 e. The molecule has 3 amide bonds. The molecule has 1 heterocycles. The Balaban J connectivity index is 2.71. The fourth-order valence-corrected chi connectivity index (χ4v) is 0.644. The van der Waals surface area contributed by atoms with Crippen molar-refractivity contribution in [1.29, 1.82) is 0 Å². The van der Waals surface area contributed by atoms with Gasteiger partial charge in [0.2, 0.25) is 5.91 Å². The van der Waals surface area contributed by atoms with E-state index >= 15 is 0 Å². The Hall–Kier alpha value is -1.32. The molecule has 54 valence electrons. The van der Waals surface area contributed by atoms with Crippen LogP contribution in [0.4, 0.5) is 4.79 Å². The number of nitrogens with zero attached hydrogens (tertiary/aromatic N) is 1. The van der Waals surface area contributed by atoms with Gasteiger partial charge in [0.1, 0.15) is 0 Å². The van der Waals surface area contributed by atoms with Crippen LogP contribution in [0, 0.1) is 0 Å². The molecule has 0 radical (unpaired) electrons. The summed E-state index contributed by atoms with van der Waals surface area (Å²) in [6.45, 7) is 0. The maximum Gasteiger partial charge on any atom is 0.327 e. The highest BCUT2D eigenvalue weighted by atomic mass is 16.2. The fraction of sp³-hybridized carbons (Fsp3) is 0.333. The Morgan fingerprint density at radius 1 is 1.60 bits per heavy atom. The van der Waals surface area contributed by atoms with E-state index in [2.05, 4.69) is 5.32 Å². The average molecular weight is 140 g/mol. The molecule has 0 aromatic carbocycles. The lowest BCUT2D eigenvalue weighted by Gasteiger charge is -2.07. The summed E-state index contributed by atoms with van der Waals surface area (Å²) in [6, 6.07) is -0.376. The monoisotopic (exact) mass is 140 g/mol. The summed E-state index contributed by atoms with van der Waals surface area (Å²) < 4.78 is 0. The fourth-order valence-electron chi connectivity index (χ4n) is 0.644. The van der Waals surface area contributed by atoms with Gasteiger partial charge in [-0.15, -0.1) is 0 Å². The first-order chi connectivity index (χ1) is 4.70. The number of nitrogens with one attached hydrogen (secondary N) is 1. The van der Waals surface area contributed by atoms with E-state index in [9.17, 15) is 9.59 Å². The molecule has 0 bridgehead atoms. The second-order valence-electron chi connectivity index (χ2n) is 2.05. The zero-order valence-corrected chi connectivity index (χ0v) is 5.63. The largest absolute Gasteiger partial charge is 0.327 e. The summed E-state index contributed by atoms with van der Waals surface area (Å²) in [5, 5.41) is 2.18. The molecule has 10 heavy (non-hydrogen) atoms. The van der Waals surface area contributed by atoms with Gasteiger partial charge >= 0.3 is 6.03 Å². The van der Waals surface area contributed by atoms with Crippen LogP contribution in [-0.2, 0) is 4.79 Å². The van der Waals surface area contributed by atoms with Crippen LogP contribution < -0.4 is 5.32 Å². The Morgan fingerprint density at radius 3 is 3.00 bits per heavy atom. The Kier molecular flexibility index (Phi) is 1.71. The van der Waals surface area contributed by atoms with Crippen LogP contribution in [0.5, 0.6) is 0 Å². The van der Waals surface area contributed by atoms with Gasteiger partial charge in [-0.1, -0.05) is 6.08 Å². The third-order valence-corrected chi connectivity index (χ3v) is 1.20. The van der Waals surface area contributed by atoms with Crippen molar-refractivity contribution in [3.63, 3.8) is 0 Å². The zero-order chi connectivity index (χ0) is 7.56. The Bertz CT molecular complexity index is 198. The second kappa shape index (κ2) is 2.51. The smallest absolute Gasteiger partial charge is 0.304 e. The van der Waals surface area contributed by atoms with Crippen LogP contribution in [0.25, 0.3) is 0 Å². The second-order valence-corrected chi connectivity index (χ2v) is 2.05. The first kappa shape index (κ1) is 6.80. The molecular weight excluding hydrogens is 132 g/mol. The summed E-state index contributed by atoms with van der Waals surface area (Å²) in [6.07, 6.45) is 3.48. The molecule has 0 spiro atoms. The third-order valence-electron chi connectivity index (χ3n) is 1.20. The summed E-state index contributed by atoms with van der Waals surface area (Å²) in [5.41, 5.74) is 0. The van der Waals surface area contributed by atoms with Crippen molar-refractivity contribution in [1.82, 2.24) is 10.2 Å². The number of carbonyl (C=O) groups excluding carboxylic acids is 2. The third kappa shape index (κ3) is 1.34. The number of amides is 3. The molecule has 0 saturated heterocycles. The van der Waals surface area contributed by atoms with E-state index in [1.54, 1.807) is 19.3 Å². The van der Waals surface area contributed by atoms with Crippen molar-refractivity contribution in [2.75, 3.05) is 7.05 Å². The topological polar surface area (TPSA) is 49.4 Å². The standard InChI is InChI=1S/C6H8N2O2/c1-8-4-2-3-5(9)7-6(8)10/h2,4H,3H2,1H3,(H,7,9,10). The van der Waals surface area contributed by atoms with Gasteiger partial charge in [0.15, 0.2) is 0 Å². The molecule has 0 saturated carbocycles. The normalized spacial score (nSPS) is 18.7. The van der Waals surface area contributed by atoms with E-state index in [0.717, 1.165) is 0 Å². The van der Waals surface area contributed by atoms with E-state index in [-0.39, 0.29) is 18.4 Å². The van der Waals surface area contributed by atoms with Crippen molar-refractivity contribution in [3.05, 3.63) is 12.3 Å². The lowest BCUT2D eigenvalue weighted by Crippen LogP contribution is -2.35. The lowest BCUT2D eigenvalue weighted by atomic mass is 10.4. The van der Waals surface area contributed by atoms with Crippen LogP contribution >= 0.6 is 0 Å². The van der Waals surface area contributed by atoms with Crippen LogP contribution in [0.1, 0.15) is 6.42 Å². The van der Waals surface area contributed by atoms with Gasteiger partial charge in [-0.25, -0.2) is 4.79 Å². The van der Waals surface area contributed by atoms with Crippen molar-refractivity contribution in [3.8, 4) is 0 Å². The molecule has 0 unspecified atom stereocenters. The molecule has 0 aromatic heterocycles. The van der Waals surface area contributed by atoms with Crippen molar-refractivity contribution in [2.45, 2.75) is 6.42 Å². The molecular formula is C6H8N2O2. The zero-order valence-electron chi connectivity index (χ0n) is 5.63. The van der Waals surface area contributed by atoms with Crippen molar-refractivity contribution < 1.29 is 9.59 Å². The van der Waals surface area contributed by atoms with Gasteiger partial charge in [-0.2, -0.15) is 0 Å². The SMILES string of the molecule is CN1C=CCC(=O)NC1=O.